The largest absolute Gasteiger partial charge is 0.353 e. The highest BCUT2D eigenvalue weighted by Gasteiger charge is 2.23. The number of nitrogens with one attached hydrogen (secondary N) is 1. The van der Waals surface area contributed by atoms with Crippen LogP contribution in [0.15, 0.2) is 23.3 Å². The minimum absolute atomic E-state index is 0.0374. The third kappa shape index (κ3) is 4.35. The molecule has 27 heavy (non-hydrogen) atoms. The molecule has 7 nitrogen and oxygen atoms in total. The number of likely N-dealkylation sites (tertiary alicyclic amines) is 1. The Kier molecular flexibility index (Phi) is 5.48. The molecule has 2 aliphatic rings. The molecule has 2 aromatic heterocycles. The zero-order valence-electron chi connectivity index (χ0n) is 16.0. The van der Waals surface area contributed by atoms with Gasteiger partial charge in [-0.1, -0.05) is 6.42 Å². The quantitative estimate of drug-likeness (QED) is 0.838. The molecule has 0 spiro atoms. The first-order valence-corrected chi connectivity index (χ1v) is 10.1. The summed E-state index contributed by atoms with van der Waals surface area (Å²) in [6.07, 6.45) is 10.4. The van der Waals surface area contributed by atoms with E-state index < -0.39 is 0 Å². The first kappa shape index (κ1) is 18.1. The summed E-state index contributed by atoms with van der Waals surface area (Å²) in [6.45, 7) is 5.40. The van der Waals surface area contributed by atoms with Crippen LogP contribution in [-0.2, 0) is 19.4 Å². The molecule has 144 valence electrons. The number of piperidine rings is 1. The summed E-state index contributed by atoms with van der Waals surface area (Å²) in [5.74, 6) is 0.683. The van der Waals surface area contributed by atoms with Gasteiger partial charge in [-0.15, -0.1) is 0 Å². The number of aryl methyl sites for hydroxylation is 3. The van der Waals surface area contributed by atoms with Gasteiger partial charge in [0, 0.05) is 37.6 Å². The number of hydrogen-bond donors (Lipinski definition) is 1. The molecule has 0 saturated carbocycles. The first-order valence-electron chi connectivity index (χ1n) is 10.1. The summed E-state index contributed by atoms with van der Waals surface area (Å²) in [7, 11) is 0. The van der Waals surface area contributed by atoms with Crippen molar-refractivity contribution in [3.05, 3.63) is 45.6 Å². The summed E-state index contributed by atoms with van der Waals surface area (Å²) >= 11 is 0. The van der Waals surface area contributed by atoms with Crippen LogP contribution in [0.1, 0.15) is 42.5 Å². The van der Waals surface area contributed by atoms with Crippen molar-refractivity contribution in [2.24, 2.45) is 0 Å². The Morgan fingerprint density at radius 2 is 2.00 bits per heavy atom. The normalized spacial score (nSPS) is 19.8. The Balaban J connectivity index is 1.36. The van der Waals surface area contributed by atoms with E-state index in [4.69, 9.17) is 0 Å². The van der Waals surface area contributed by atoms with E-state index in [2.05, 4.69) is 25.3 Å². The summed E-state index contributed by atoms with van der Waals surface area (Å²) in [5, 5.41) is 7.97. The molecule has 1 aliphatic heterocycles. The van der Waals surface area contributed by atoms with E-state index in [1.165, 1.54) is 12.8 Å². The minimum Gasteiger partial charge on any atom is -0.353 e. The Morgan fingerprint density at radius 1 is 1.15 bits per heavy atom. The molecule has 2 aromatic rings. The van der Waals surface area contributed by atoms with Crippen molar-refractivity contribution in [3.8, 4) is 0 Å². The van der Waals surface area contributed by atoms with Crippen LogP contribution >= 0.6 is 0 Å². The fourth-order valence-corrected chi connectivity index (χ4v) is 4.10. The molecule has 1 N–H and O–H groups in total. The predicted molar refractivity (Wildman–Crippen MR) is 105 cm³/mol. The van der Waals surface area contributed by atoms with Crippen molar-refractivity contribution in [1.82, 2.24) is 24.6 Å². The number of hydrogen-bond acceptors (Lipinski definition) is 6. The zero-order chi connectivity index (χ0) is 18.6. The number of anilines is 1. The summed E-state index contributed by atoms with van der Waals surface area (Å²) in [4.78, 5) is 23.5. The lowest BCUT2D eigenvalue weighted by molar-refractivity contribution is 0.147. The third-order valence-corrected chi connectivity index (χ3v) is 5.65. The van der Waals surface area contributed by atoms with Crippen LogP contribution in [0.5, 0.6) is 0 Å². The van der Waals surface area contributed by atoms with Gasteiger partial charge in [-0.2, -0.15) is 5.10 Å². The van der Waals surface area contributed by atoms with Crippen LogP contribution in [0.3, 0.4) is 0 Å². The monoisotopic (exact) mass is 368 g/mol. The molecule has 7 heteroatoms. The van der Waals surface area contributed by atoms with Crippen molar-refractivity contribution >= 4 is 5.95 Å². The molecule has 1 saturated heterocycles. The first-order chi connectivity index (χ1) is 13.2. The summed E-state index contributed by atoms with van der Waals surface area (Å²) < 4.78 is 1.66. The second-order valence-electron chi connectivity index (χ2n) is 7.68. The molecule has 1 aliphatic carbocycles. The van der Waals surface area contributed by atoms with Crippen LogP contribution in [0.25, 0.3) is 0 Å². The van der Waals surface area contributed by atoms with Gasteiger partial charge in [0.1, 0.15) is 0 Å². The van der Waals surface area contributed by atoms with E-state index in [0.717, 1.165) is 62.1 Å². The molecule has 0 aromatic carbocycles. The van der Waals surface area contributed by atoms with Crippen LogP contribution in [0.4, 0.5) is 5.95 Å². The van der Waals surface area contributed by atoms with Gasteiger partial charge in [-0.25, -0.2) is 14.6 Å². The fraction of sp³-hybridized carbons (Fsp3) is 0.600. The van der Waals surface area contributed by atoms with Crippen molar-refractivity contribution in [2.75, 3.05) is 25.0 Å². The standard InChI is InChI=1S/C20H28N6O/c1-15-12-21-20(22-13-15)23-14-17-6-2-3-8-25(17)9-10-26-19(27)11-16-5-4-7-18(16)24-26/h11-13,17H,2-10,14H2,1H3,(H,21,22,23). The van der Waals surface area contributed by atoms with Gasteiger partial charge in [-0.3, -0.25) is 9.69 Å². The molecule has 1 fully saturated rings. The smallest absolute Gasteiger partial charge is 0.267 e. The average Bonchev–Trinajstić information content (AvgIpc) is 3.13. The number of aromatic nitrogens is 4. The molecule has 0 radical (unpaired) electrons. The van der Waals surface area contributed by atoms with Crippen molar-refractivity contribution in [2.45, 2.75) is 58.0 Å². The Bertz CT molecular complexity index is 831. The zero-order valence-corrected chi connectivity index (χ0v) is 16.0. The van der Waals surface area contributed by atoms with Gasteiger partial charge in [0.2, 0.25) is 5.95 Å². The predicted octanol–water partition coefficient (Wildman–Crippen LogP) is 1.80. The molecule has 4 rings (SSSR count). The van der Waals surface area contributed by atoms with E-state index in [-0.39, 0.29) is 5.56 Å². The molecule has 0 amide bonds. The Labute approximate surface area is 159 Å². The van der Waals surface area contributed by atoms with Crippen LogP contribution in [0, 0.1) is 6.92 Å². The van der Waals surface area contributed by atoms with E-state index in [1.54, 1.807) is 10.7 Å². The fourth-order valence-electron chi connectivity index (χ4n) is 4.10. The lowest BCUT2D eigenvalue weighted by atomic mass is 10.0. The maximum Gasteiger partial charge on any atom is 0.267 e. The van der Waals surface area contributed by atoms with Gasteiger partial charge < -0.3 is 5.32 Å². The molecular weight excluding hydrogens is 340 g/mol. The summed E-state index contributed by atoms with van der Waals surface area (Å²) in [5.41, 5.74) is 3.36. The average molecular weight is 368 g/mol. The van der Waals surface area contributed by atoms with Crippen molar-refractivity contribution in [3.63, 3.8) is 0 Å². The van der Waals surface area contributed by atoms with Crippen LogP contribution in [-0.4, -0.2) is 50.3 Å². The number of rotatable bonds is 6. The number of nitrogens with zero attached hydrogens (tertiary/aromatic N) is 5. The molecule has 1 unspecified atom stereocenters. The van der Waals surface area contributed by atoms with Crippen LogP contribution in [0.2, 0.25) is 0 Å². The van der Waals surface area contributed by atoms with Gasteiger partial charge in [0.05, 0.1) is 12.2 Å². The lowest BCUT2D eigenvalue weighted by Gasteiger charge is -2.35. The SMILES string of the molecule is Cc1cnc(NCC2CCCCN2CCn2nc3c(cc2=O)CCC3)nc1. The molecular formula is C20H28N6O. The molecule has 3 heterocycles. The Hall–Kier alpha value is -2.28. The van der Waals surface area contributed by atoms with E-state index >= 15 is 0 Å². The third-order valence-electron chi connectivity index (χ3n) is 5.65. The highest BCUT2D eigenvalue weighted by atomic mass is 16.1. The summed E-state index contributed by atoms with van der Waals surface area (Å²) in [6, 6.07) is 2.23. The maximum atomic E-state index is 12.3. The second kappa shape index (κ2) is 8.17. The van der Waals surface area contributed by atoms with E-state index in [9.17, 15) is 4.79 Å². The highest BCUT2D eigenvalue weighted by Crippen LogP contribution is 2.18. The Morgan fingerprint density at radius 3 is 2.85 bits per heavy atom. The van der Waals surface area contributed by atoms with Gasteiger partial charge in [0.15, 0.2) is 0 Å². The van der Waals surface area contributed by atoms with Crippen molar-refractivity contribution in [1.29, 1.82) is 0 Å². The topological polar surface area (TPSA) is 75.9 Å². The van der Waals surface area contributed by atoms with Gasteiger partial charge in [-0.05, 0) is 56.7 Å². The number of fused-ring (bicyclic) bond motifs is 1. The van der Waals surface area contributed by atoms with Crippen LogP contribution < -0.4 is 10.9 Å². The molecule has 0 bridgehead atoms. The highest BCUT2D eigenvalue weighted by molar-refractivity contribution is 5.24. The van der Waals surface area contributed by atoms with E-state index in [0.29, 0.717) is 18.5 Å². The maximum absolute atomic E-state index is 12.3. The van der Waals surface area contributed by atoms with Gasteiger partial charge in [0.25, 0.3) is 5.56 Å². The van der Waals surface area contributed by atoms with E-state index in [1.807, 2.05) is 19.3 Å². The lowest BCUT2D eigenvalue weighted by Crippen LogP contribution is -2.45. The second-order valence-corrected chi connectivity index (χ2v) is 7.68. The van der Waals surface area contributed by atoms with Gasteiger partial charge >= 0.3 is 0 Å². The molecule has 1 atom stereocenters. The minimum atomic E-state index is 0.0374. The van der Waals surface area contributed by atoms with Crippen molar-refractivity contribution < 1.29 is 0 Å².